The van der Waals surface area contributed by atoms with Crippen LogP contribution in [0.15, 0.2) is 24.3 Å². The number of anilines is 1. The summed E-state index contributed by atoms with van der Waals surface area (Å²) in [6.07, 6.45) is 7.53. The first-order chi connectivity index (χ1) is 12.1. The molecule has 0 unspecified atom stereocenters. The van der Waals surface area contributed by atoms with Crippen LogP contribution in [0.3, 0.4) is 0 Å². The van der Waals surface area contributed by atoms with E-state index in [1.165, 1.54) is 37.0 Å². The third-order valence-electron chi connectivity index (χ3n) is 5.39. The van der Waals surface area contributed by atoms with Crippen molar-refractivity contribution in [3.05, 3.63) is 29.8 Å². The monoisotopic (exact) mass is 342 g/mol. The Hall–Kier alpha value is -2.17. The number of hydrogen-bond donors (Lipinski definition) is 1. The van der Waals surface area contributed by atoms with Gasteiger partial charge >= 0.3 is 0 Å². The number of rotatable bonds is 5. The Labute approximate surface area is 148 Å². The number of amides is 3. The Bertz CT molecular complexity index is 649. The fourth-order valence-corrected chi connectivity index (χ4v) is 3.99. The van der Waals surface area contributed by atoms with Crippen molar-refractivity contribution in [2.75, 3.05) is 4.90 Å². The molecule has 5 nitrogen and oxygen atoms in total. The zero-order valence-electron chi connectivity index (χ0n) is 14.8. The Balaban J connectivity index is 1.72. The number of hydrogen-bond acceptors (Lipinski definition) is 3. The Morgan fingerprint density at radius 3 is 2.48 bits per heavy atom. The highest BCUT2D eigenvalue weighted by atomic mass is 16.2. The molecule has 0 aromatic heterocycles. The molecule has 0 radical (unpaired) electrons. The highest BCUT2D eigenvalue weighted by Crippen LogP contribution is 2.28. The molecule has 0 spiro atoms. The topological polar surface area (TPSA) is 66.5 Å². The van der Waals surface area contributed by atoms with Crippen molar-refractivity contribution in [3.8, 4) is 0 Å². The largest absolute Gasteiger partial charge is 0.349 e. The van der Waals surface area contributed by atoms with Crippen LogP contribution in [-0.4, -0.2) is 23.8 Å². The maximum Gasteiger partial charge on any atom is 0.251 e. The van der Waals surface area contributed by atoms with E-state index in [-0.39, 0.29) is 36.6 Å². The number of nitrogens with one attached hydrogen (secondary N) is 1. The molecule has 2 fully saturated rings. The second kappa shape index (κ2) is 7.81. The standard InChI is InChI=1S/C20H26N2O3/c1-2-17(14-7-4-3-5-8-14)21-20(25)15-9-6-10-16(13-15)22-18(23)11-12-19(22)24/h6,9-10,13-14,17H,2-5,7-8,11-12H2,1H3,(H,21,25)/t17-/m1/s1. The fourth-order valence-electron chi connectivity index (χ4n) is 3.99. The SMILES string of the molecule is CC[C@@H](NC(=O)c1cccc(N2C(=O)CCC2=O)c1)C1CCCCC1. The molecule has 1 aliphatic carbocycles. The molecule has 25 heavy (non-hydrogen) atoms. The summed E-state index contributed by atoms with van der Waals surface area (Å²) in [7, 11) is 0. The van der Waals surface area contributed by atoms with Crippen LogP contribution in [-0.2, 0) is 9.59 Å². The van der Waals surface area contributed by atoms with Crippen molar-refractivity contribution < 1.29 is 14.4 Å². The van der Waals surface area contributed by atoms with Gasteiger partial charge in [-0.1, -0.05) is 32.3 Å². The van der Waals surface area contributed by atoms with E-state index in [9.17, 15) is 14.4 Å². The predicted octanol–water partition coefficient (Wildman–Crippen LogP) is 3.43. The molecule has 1 saturated heterocycles. The molecule has 3 amide bonds. The van der Waals surface area contributed by atoms with E-state index in [0.717, 1.165) is 6.42 Å². The predicted molar refractivity (Wildman–Crippen MR) is 96.3 cm³/mol. The van der Waals surface area contributed by atoms with Crippen LogP contribution in [0, 0.1) is 5.92 Å². The maximum atomic E-state index is 12.7. The molecule has 5 heteroatoms. The van der Waals surface area contributed by atoms with Crippen LogP contribution >= 0.6 is 0 Å². The van der Waals surface area contributed by atoms with Gasteiger partial charge in [0.1, 0.15) is 0 Å². The summed E-state index contributed by atoms with van der Waals surface area (Å²) in [5.74, 6) is 0.0263. The normalized spacial score (nSPS) is 20.0. The molecule has 1 aliphatic heterocycles. The molecular weight excluding hydrogens is 316 g/mol. The number of benzene rings is 1. The molecule has 2 aliphatic rings. The third kappa shape index (κ3) is 3.91. The minimum Gasteiger partial charge on any atom is -0.349 e. The van der Waals surface area contributed by atoms with Gasteiger partial charge in [0.15, 0.2) is 0 Å². The highest BCUT2D eigenvalue weighted by molar-refractivity contribution is 6.20. The lowest BCUT2D eigenvalue weighted by Crippen LogP contribution is -2.40. The molecule has 1 heterocycles. The lowest BCUT2D eigenvalue weighted by atomic mass is 9.83. The van der Waals surface area contributed by atoms with Crippen molar-refractivity contribution in [2.45, 2.75) is 64.3 Å². The Morgan fingerprint density at radius 2 is 1.84 bits per heavy atom. The summed E-state index contributed by atoms with van der Waals surface area (Å²) < 4.78 is 0. The molecule has 1 saturated carbocycles. The van der Waals surface area contributed by atoms with E-state index in [1.807, 2.05) is 0 Å². The summed E-state index contributed by atoms with van der Waals surface area (Å²) in [6.45, 7) is 2.11. The summed E-state index contributed by atoms with van der Waals surface area (Å²) in [5.41, 5.74) is 0.991. The molecule has 134 valence electrons. The van der Waals surface area contributed by atoms with Gasteiger partial charge in [0.05, 0.1) is 5.69 Å². The highest BCUT2D eigenvalue weighted by Gasteiger charge is 2.31. The summed E-state index contributed by atoms with van der Waals surface area (Å²) >= 11 is 0. The smallest absolute Gasteiger partial charge is 0.251 e. The second-order valence-electron chi connectivity index (χ2n) is 7.06. The van der Waals surface area contributed by atoms with Gasteiger partial charge in [0.2, 0.25) is 11.8 Å². The summed E-state index contributed by atoms with van der Waals surface area (Å²) in [5, 5.41) is 3.17. The van der Waals surface area contributed by atoms with Gasteiger partial charge in [-0.25, -0.2) is 0 Å². The van der Waals surface area contributed by atoms with E-state index >= 15 is 0 Å². The maximum absolute atomic E-state index is 12.7. The Kier molecular flexibility index (Phi) is 5.51. The zero-order chi connectivity index (χ0) is 17.8. The summed E-state index contributed by atoms with van der Waals surface area (Å²) in [4.78, 5) is 37.7. The van der Waals surface area contributed by atoms with Gasteiger partial charge in [0, 0.05) is 24.4 Å². The van der Waals surface area contributed by atoms with Crippen molar-refractivity contribution in [1.29, 1.82) is 0 Å². The van der Waals surface area contributed by atoms with E-state index in [0.29, 0.717) is 17.2 Å². The minimum absolute atomic E-state index is 0.127. The lowest BCUT2D eigenvalue weighted by Gasteiger charge is -2.30. The average molecular weight is 342 g/mol. The van der Waals surface area contributed by atoms with Crippen molar-refractivity contribution in [2.24, 2.45) is 5.92 Å². The van der Waals surface area contributed by atoms with E-state index in [1.54, 1.807) is 24.3 Å². The van der Waals surface area contributed by atoms with Crippen LogP contribution in [0.25, 0.3) is 0 Å². The first kappa shape index (κ1) is 17.6. The van der Waals surface area contributed by atoms with Gasteiger partial charge in [-0.3, -0.25) is 19.3 Å². The molecule has 1 N–H and O–H groups in total. The lowest BCUT2D eigenvalue weighted by molar-refractivity contribution is -0.121. The van der Waals surface area contributed by atoms with Crippen molar-refractivity contribution >= 4 is 23.4 Å². The minimum atomic E-state index is -0.198. The number of carbonyl (C=O) groups excluding carboxylic acids is 3. The quantitative estimate of drug-likeness (QED) is 0.834. The third-order valence-corrected chi connectivity index (χ3v) is 5.39. The van der Waals surface area contributed by atoms with Crippen molar-refractivity contribution in [1.82, 2.24) is 5.32 Å². The average Bonchev–Trinajstić information content (AvgIpc) is 2.98. The number of imide groups is 1. The van der Waals surface area contributed by atoms with Crippen LogP contribution < -0.4 is 10.2 Å². The fraction of sp³-hybridized carbons (Fsp3) is 0.550. The van der Waals surface area contributed by atoms with Gasteiger partial charge in [0.25, 0.3) is 5.91 Å². The van der Waals surface area contributed by atoms with E-state index < -0.39 is 0 Å². The molecule has 3 rings (SSSR count). The number of nitrogens with zero attached hydrogens (tertiary/aromatic N) is 1. The molecule has 1 aromatic rings. The Morgan fingerprint density at radius 1 is 1.16 bits per heavy atom. The molecule has 1 aromatic carbocycles. The van der Waals surface area contributed by atoms with Crippen molar-refractivity contribution in [3.63, 3.8) is 0 Å². The van der Waals surface area contributed by atoms with Gasteiger partial charge in [-0.2, -0.15) is 0 Å². The second-order valence-corrected chi connectivity index (χ2v) is 7.06. The molecule has 0 bridgehead atoms. The summed E-state index contributed by atoms with van der Waals surface area (Å²) in [6, 6.07) is 6.99. The van der Waals surface area contributed by atoms with Gasteiger partial charge < -0.3 is 5.32 Å². The van der Waals surface area contributed by atoms with Crippen LogP contribution in [0.2, 0.25) is 0 Å². The first-order valence-electron chi connectivity index (χ1n) is 9.37. The van der Waals surface area contributed by atoms with E-state index in [4.69, 9.17) is 0 Å². The van der Waals surface area contributed by atoms with Crippen LogP contribution in [0.5, 0.6) is 0 Å². The zero-order valence-corrected chi connectivity index (χ0v) is 14.8. The van der Waals surface area contributed by atoms with Gasteiger partial charge in [-0.15, -0.1) is 0 Å². The number of carbonyl (C=O) groups is 3. The van der Waals surface area contributed by atoms with Crippen LogP contribution in [0.1, 0.15) is 68.6 Å². The van der Waals surface area contributed by atoms with E-state index in [2.05, 4.69) is 12.2 Å². The molecule has 1 atom stereocenters. The van der Waals surface area contributed by atoms with Crippen LogP contribution in [0.4, 0.5) is 5.69 Å². The van der Waals surface area contributed by atoms with Gasteiger partial charge in [-0.05, 0) is 43.4 Å². The molecular formula is C20H26N2O3. The first-order valence-corrected chi connectivity index (χ1v) is 9.37.